The molecule has 0 N–H and O–H groups in total. The number of fused-ring (bicyclic) bond motifs is 2. The summed E-state index contributed by atoms with van der Waals surface area (Å²) < 4.78 is 11.3. The molecule has 0 fully saturated rings. The molecule has 4 aromatic carbocycles. The van der Waals surface area contributed by atoms with Crippen molar-refractivity contribution < 1.29 is 19.1 Å². The van der Waals surface area contributed by atoms with Gasteiger partial charge in [0, 0.05) is 0 Å². The molecule has 0 aliphatic rings. The van der Waals surface area contributed by atoms with Gasteiger partial charge in [-0.15, -0.1) is 0 Å². The Morgan fingerprint density at radius 3 is 1.39 bits per heavy atom. The molecular formula is C27H24O4. The van der Waals surface area contributed by atoms with Crippen LogP contribution >= 0.6 is 0 Å². The summed E-state index contributed by atoms with van der Waals surface area (Å²) in [6.45, 7) is 3.60. The molecule has 0 spiro atoms. The van der Waals surface area contributed by atoms with E-state index in [0.717, 1.165) is 21.5 Å². The van der Waals surface area contributed by atoms with Crippen molar-refractivity contribution in [3.05, 3.63) is 84.9 Å². The molecule has 0 bridgehead atoms. The highest BCUT2D eigenvalue weighted by Crippen LogP contribution is 2.33. The summed E-state index contributed by atoms with van der Waals surface area (Å²) in [5.74, 6) is -0.376. The molecule has 0 saturated heterocycles. The molecule has 4 aromatic rings. The Hall–Kier alpha value is -3.66. The van der Waals surface area contributed by atoms with Crippen LogP contribution in [-0.4, -0.2) is 11.9 Å². The third kappa shape index (κ3) is 4.02. The smallest absolute Gasteiger partial charge is 0.328 e. The first kappa shape index (κ1) is 20.6. The van der Waals surface area contributed by atoms with Gasteiger partial charge in [0.15, 0.2) is 5.41 Å². The third-order valence-electron chi connectivity index (χ3n) is 5.85. The number of ether oxygens (including phenoxy) is 2. The van der Waals surface area contributed by atoms with Gasteiger partial charge in [0.25, 0.3) is 0 Å². The fourth-order valence-electron chi connectivity index (χ4n) is 3.78. The minimum Gasteiger partial charge on any atom is -0.426 e. The van der Waals surface area contributed by atoms with E-state index in [4.69, 9.17) is 9.47 Å². The lowest BCUT2D eigenvalue weighted by atomic mass is 9.82. The number of carbonyl (C=O) groups is 2. The van der Waals surface area contributed by atoms with Gasteiger partial charge >= 0.3 is 11.9 Å². The average Bonchev–Trinajstić information content (AvgIpc) is 2.80. The summed E-state index contributed by atoms with van der Waals surface area (Å²) in [7, 11) is 0. The first-order valence-electron chi connectivity index (χ1n) is 10.5. The molecule has 31 heavy (non-hydrogen) atoms. The number of hydrogen-bond acceptors (Lipinski definition) is 4. The van der Waals surface area contributed by atoms with E-state index in [0.29, 0.717) is 11.5 Å². The van der Waals surface area contributed by atoms with Crippen LogP contribution in [0.5, 0.6) is 11.5 Å². The van der Waals surface area contributed by atoms with E-state index in [-0.39, 0.29) is 12.8 Å². The zero-order valence-electron chi connectivity index (χ0n) is 17.6. The molecule has 0 unspecified atom stereocenters. The standard InChI is InChI=1S/C27H24O4/c1-3-27(4-2,25(28)30-23-15-13-19-9-5-7-11-21(19)17-23)26(29)31-24-16-14-20-10-6-8-12-22(20)18-24/h5-18H,3-4H2,1-2H3. The maximum atomic E-state index is 13.2. The van der Waals surface area contributed by atoms with Crippen LogP contribution in [0.4, 0.5) is 0 Å². The first-order valence-corrected chi connectivity index (χ1v) is 10.5. The molecule has 0 aromatic heterocycles. The molecule has 0 amide bonds. The molecule has 0 aliphatic heterocycles. The number of benzene rings is 4. The summed E-state index contributed by atoms with van der Waals surface area (Å²) in [6.07, 6.45) is 0.560. The quantitative estimate of drug-likeness (QED) is 0.212. The number of rotatable bonds is 6. The van der Waals surface area contributed by atoms with Crippen LogP contribution < -0.4 is 9.47 Å². The maximum absolute atomic E-state index is 13.2. The predicted molar refractivity (Wildman–Crippen MR) is 122 cm³/mol. The van der Waals surface area contributed by atoms with Crippen LogP contribution in [0.1, 0.15) is 26.7 Å². The van der Waals surface area contributed by atoms with E-state index in [1.807, 2.05) is 60.7 Å². The summed E-state index contributed by atoms with van der Waals surface area (Å²) in [5, 5.41) is 4.03. The predicted octanol–water partition coefficient (Wildman–Crippen LogP) is 6.31. The van der Waals surface area contributed by atoms with Crippen LogP contribution in [0.15, 0.2) is 84.9 Å². The third-order valence-corrected chi connectivity index (χ3v) is 5.85. The SMILES string of the molecule is CCC(CC)(C(=O)Oc1ccc2ccccc2c1)C(=O)Oc1ccc2ccccc2c1. The molecular weight excluding hydrogens is 388 g/mol. The summed E-state index contributed by atoms with van der Waals surface area (Å²) >= 11 is 0. The normalized spacial score (nSPS) is 11.4. The second-order valence-electron chi connectivity index (χ2n) is 7.59. The second kappa shape index (κ2) is 8.60. The highest BCUT2D eigenvalue weighted by atomic mass is 16.6. The minimum absolute atomic E-state index is 0.280. The largest absolute Gasteiger partial charge is 0.426 e. The van der Waals surface area contributed by atoms with Crippen molar-refractivity contribution in [2.24, 2.45) is 5.41 Å². The molecule has 156 valence electrons. The molecule has 0 radical (unpaired) electrons. The molecule has 4 nitrogen and oxygen atoms in total. The summed E-state index contributed by atoms with van der Waals surface area (Å²) in [5.41, 5.74) is -1.38. The monoisotopic (exact) mass is 412 g/mol. The Bertz CT molecular complexity index is 1160. The minimum atomic E-state index is -1.38. The van der Waals surface area contributed by atoms with Crippen molar-refractivity contribution in [3.63, 3.8) is 0 Å². The van der Waals surface area contributed by atoms with Gasteiger partial charge in [-0.25, -0.2) is 0 Å². The highest BCUT2D eigenvalue weighted by molar-refractivity contribution is 6.02. The van der Waals surface area contributed by atoms with Crippen LogP contribution in [0.25, 0.3) is 21.5 Å². The fraction of sp³-hybridized carbons (Fsp3) is 0.185. The van der Waals surface area contributed by atoms with Gasteiger partial charge < -0.3 is 9.47 Å². The Labute approximate surface area is 181 Å². The van der Waals surface area contributed by atoms with Crippen LogP contribution in [0, 0.1) is 5.41 Å². The van der Waals surface area contributed by atoms with Crippen molar-refractivity contribution in [2.45, 2.75) is 26.7 Å². The summed E-state index contributed by atoms with van der Waals surface area (Å²) in [6, 6.07) is 26.5. The lowest BCUT2D eigenvalue weighted by Crippen LogP contribution is -2.43. The van der Waals surface area contributed by atoms with Crippen molar-refractivity contribution in [1.29, 1.82) is 0 Å². The number of hydrogen-bond donors (Lipinski definition) is 0. The van der Waals surface area contributed by atoms with E-state index >= 15 is 0 Å². The van der Waals surface area contributed by atoms with Crippen molar-refractivity contribution >= 4 is 33.5 Å². The molecule has 0 atom stereocenters. The average molecular weight is 412 g/mol. The van der Waals surface area contributed by atoms with Gasteiger partial charge in [0.1, 0.15) is 11.5 Å². The molecule has 0 aliphatic carbocycles. The maximum Gasteiger partial charge on any atom is 0.328 e. The zero-order valence-corrected chi connectivity index (χ0v) is 17.6. The molecule has 4 heteroatoms. The molecule has 0 heterocycles. The van der Waals surface area contributed by atoms with Gasteiger partial charge in [-0.2, -0.15) is 0 Å². The van der Waals surface area contributed by atoms with Crippen molar-refractivity contribution in [3.8, 4) is 11.5 Å². The van der Waals surface area contributed by atoms with E-state index in [9.17, 15) is 9.59 Å². The van der Waals surface area contributed by atoms with Gasteiger partial charge in [-0.05, 0) is 58.7 Å². The van der Waals surface area contributed by atoms with Crippen LogP contribution in [-0.2, 0) is 9.59 Å². The Kier molecular flexibility index (Phi) is 5.72. The lowest BCUT2D eigenvalue weighted by Gasteiger charge is -2.26. The lowest BCUT2D eigenvalue weighted by molar-refractivity contribution is -0.161. The van der Waals surface area contributed by atoms with Crippen LogP contribution in [0.2, 0.25) is 0 Å². The second-order valence-corrected chi connectivity index (χ2v) is 7.59. The van der Waals surface area contributed by atoms with Crippen molar-refractivity contribution in [1.82, 2.24) is 0 Å². The van der Waals surface area contributed by atoms with Gasteiger partial charge in [0.2, 0.25) is 0 Å². The zero-order chi connectivity index (χ0) is 21.8. The van der Waals surface area contributed by atoms with Crippen molar-refractivity contribution in [2.75, 3.05) is 0 Å². The van der Waals surface area contributed by atoms with Gasteiger partial charge in [-0.1, -0.05) is 74.5 Å². The van der Waals surface area contributed by atoms with E-state index in [2.05, 4.69) is 0 Å². The Morgan fingerprint density at radius 1 is 0.613 bits per heavy atom. The van der Waals surface area contributed by atoms with Gasteiger partial charge in [-0.3, -0.25) is 9.59 Å². The van der Waals surface area contributed by atoms with E-state index in [1.165, 1.54) is 0 Å². The number of carbonyl (C=O) groups excluding carboxylic acids is 2. The van der Waals surface area contributed by atoms with Gasteiger partial charge in [0.05, 0.1) is 0 Å². The molecule has 0 saturated carbocycles. The fourth-order valence-corrected chi connectivity index (χ4v) is 3.78. The summed E-state index contributed by atoms with van der Waals surface area (Å²) in [4.78, 5) is 26.3. The van der Waals surface area contributed by atoms with Crippen LogP contribution in [0.3, 0.4) is 0 Å². The highest BCUT2D eigenvalue weighted by Gasteiger charge is 2.46. The van der Waals surface area contributed by atoms with E-state index in [1.54, 1.807) is 38.1 Å². The van der Waals surface area contributed by atoms with E-state index < -0.39 is 17.4 Å². The topological polar surface area (TPSA) is 52.6 Å². The Balaban J connectivity index is 1.58. The first-order chi connectivity index (χ1) is 15.1. The Morgan fingerprint density at radius 2 is 1.00 bits per heavy atom. The number of esters is 2. The molecule has 4 rings (SSSR count).